The van der Waals surface area contributed by atoms with Gasteiger partial charge in [-0.25, -0.2) is 13.8 Å². The Hall–Kier alpha value is -2.56. The van der Waals surface area contributed by atoms with Crippen LogP contribution in [0.4, 0.5) is 8.78 Å². The summed E-state index contributed by atoms with van der Waals surface area (Å²) >= 11 is 0. The molecule has 1 aromatic heterocycles. The van der Waals surface area contributed by atoms with Crippen LogP contribution >= 0.6 is 0 Å². The Morgan fingerprint density at radius 3 is 2.70 bits per heavy atom. The van der Waals surface area contributed by atoms with Crippen molar-refractivity contribution in [2.45, 2.75) is 6.54 Å². The van der Waals surface area contributed by atoms with Gasteiger partial charge in [0.15, 0.2) is 17.4 Å². The third-order valence-electron chi connectivity index (χ3n) is 3.08. The molecule has 100 valence electrons. The molecule has 0 saturated heterocycles. The summed E-state index contributed by atoms with van der Waals surface area (Å²) in [4.78, 5) is 16.3. The third kappa shape index (κ3) is 2.18. The number of imidazole rings is 1. The van der Waals surface area contributed by atoms with E-state index in [0.29, 0.717) is 0 Å². The lowest BCUT2D eigenvalue weighted by Crippen LogP contribution is -2.10. The van der Waals surface area contributed by atoms with Crippen molar-refractivity contribution in [3.63, 3.8) is 0 Å². The van der Waals surface area contributed by atoms with Crippen LogP contribution in [0.5, 0.6) is 0 Å². The standard InChI is InChI=1S/C15H10F2N2O/c16-11-6-5-10(7-12(11)17)15(20)8-19-9-18-13-3-1-2-4-14(13)19/h1-7,9H,8H2. The van der Waals surface area contributed by atoms with E-state index in [9.17, 15) is 13.6 Å². The molecule has 0 aliphatic heterocycles. The molecular weight excluding hydrogens is 262 g/mol. The molecule has 20 heavy (non-hydrogen) atoms. The summed E-state index contributed by atoms with van der Waals surface area (Å²) in [7, 11) is 0. The van der Waals surface area contributed by atoms with Crippen molar-refractivity contribution in [2.75, 3.05) is 0 Å². The molecule has 5 heteroatoms. The molecule has 0 bridgehead atoms. The van der Waals surface area contributed by atoms with Crippen molar-refractivity contribution in [2.24, 2.45) is 0 Å². The number of fused-ring (bicyclic) bond motifs is 1. The molecule has 0 radical (unpaired) electrons. The SMILES string of the molecule is O=C(Cn1cnc2ccccc21)c1ccc(F)c(F)c1. The van der Waals surface area contributed by atoms with Gasteiger partial charge in [0.2, 0.25) is 0 Å². The number of Topliss-reactive ketones (excluding diaryl/α,β-unsaturated/α-hetero) is 1. The molecule has 0 spiro atoms. The zero-order valence-electron chi connectivity index (χ0n) is 10.4. The van der Waals surface area contributed by atoms with Gasteiger partial charge < -0.3 is 4.57 Å². The summed E-state index contributed by atoms with van der Waals surface area (Å²) in [6.07, 6.45) is 1.56. The Kier molecular flexibility index (Phi) is 3.02. The van der Waals surface area contributed by atoms with Gasteiger partial charge in [-0.2, -0.15) is 0 Å². The Bertz CT molecular complexity index is 795. The molecule has 3 aromatic rings. The molecule has 0 aliphatic rings. The number of hydrogen-bond donors (Lipinski definition) is 0. The summed E-state index contributed by atoms with van der Waals surface area (Å²) in [5.74, 6) is -2.28. The van der Waals surface area contributed by atoms with Gasteiger partial charge in [0, 0.05) is 5.56 Å². The van der Waals surface area contributed by atoms with Crippen LogP contribution in [0.2, 0.25) is 0 Å². The number of rotatable bonds is 3. The first-order valence-electron chi connectivity index (χ1n) is 6.03. The molecule has 0 aliphatic carbocycles. The minimum Gasteiger partial charge on any atom is -0.323 e. The lowest BCUT2D eigenvalue weighted by atomic mass is 10.1. The molecule has 0 unspecified atom stereocenters. The van der Waals surface area contributed by atoms with Crippen LogP contribution in [0.1, 0.15) is 10.4 Å². The van der Waals surface area contributed by atoms with Crippen LogP contribution in [0.3, 0.4) is 0 Å². The predicted octanol–water partition coefficient (Wildman–Crippen LogP) is 3.20. The highest BCUT2D eigenvalue weighted by molar-refractivity contribution is 5.96. The minimum absolute atomic E-state index is 0.0333. The van der Waals surface area contributed by atoms with Crippen LogP contribution in [0.25, 0.3) is 11.0 Å². The van der Waals surface area contributed by atoms with Crippen molar-refractivity contribution in [3.05, 3.63) is 66.0 Å². The molecule has 0 amide bonds. The van der Waals surface area contributed by atoms with Crippen molar-refractivity contribution in [1.82, 2.24) is 9.55 Å². The van der Waals surface area contributed by atoms with Crippen LogP contribution < -0.4 is 0 Å². The number of nitrogens with zero attached hydrogens (tertiary/aromatic N) is 2. The number of carbonyl (C=O) groups excluding carboxylic acids is 1. The molecule has 0 N–H and O–H groups in total. The molecular formula is C15H10F2N2O. The first-order chi connectivity index (χ1) is 9.65. The van der Waals surface area contributed by atoms with E-state index < -0.39 is 11.6 Å². The van der Waals surface area contributed by atoms with Gasteiger partial charge in [-0.15, -0.1) is 0 Å². The summed E-state index contributed by atoms with van der Waals surface area (Å²) in [5.41, 5.74) is 1.75. The van der Waals surface area contributed by atoms with Gasteiger partial charge in [-0.3, -0.25) is 4.79 Å². The highest BCUT2D eigenvalue weighted by Crippen LogP contribution is 2.14. The lowest BCUT2D eigenvalue weighted by Gasteiger charge is -2.04. The van der Waals surface area contributed by atoms with E-state index in [1.54, 1.807) is 10.9 Å². The summed E-state index contributed by atoms with van der Waals surface area (Å²) in [6, 6.07) is 10.5. The Morgan fingerprint density at radius 1 is 1.10 bits per heavy atom. The van der Waals surface area contributed by atoms with Crippen LogP contribution in [0.15, 0.2) is 48.8 Å². The number of ketones is 1. The van der Waals surface area contributed by atoms with E-state index in [1.807, 2.05) is 24.3 Å². The van der Waals surface area contributed by atoms with Crippen molar-refractivity contribution in [1.29, 1.82) is 0 Å². The maximum Gasteiger partial charge on any atom is 0.182 e. The van der Waals surface area contributed by atoms with Crippen molar-refractivity contribution < 1.29 is 13.6 Å². The summed E-state index contributed by atoms with van der Waals surface area (Å²) < 4.78 is 27.7. The summed E-state index contributed by atoms with van der Waals surface area (Å²) in [5, 5.41) is 0. The predicted molar refractivity (Wildman–Crippen MR) is 70.4 cm³/mol. The molecule has 1 heterocycles. The first kappa shape index (κ1) is 12.5. The maximum atomic E-state index is 13.1. The van der Waals surface area contributed by atoms with Crippen LogP contribution in [0, 0.1) is 11.6 Å². The Labute approximate surface area is 113 Å². The number of halogens is 2. The van der Waals surface area contributed by atoms with E-state index in [4.69, 9.17) is 0 Å². The van der Waals surface area contributed by atoms with Gasteiger partial charge in [0.1, 0.15) is 0 Å². The number of carbonyl (C=O) groups is 1. The van der Waals surface area contributed by atoms with Gasteiger partial charge in [-0.05, 0) is 30.3 Å². The fourth-order valence-corrected chi connectivity index (χ4v) is 2.05. The minimum atomic E-state index is -1.02. The molecule has 3 nitrogen and oxygen atoms in total. The zero-order chi connectivity index (χ0) is 14.1. The Morgan fingerprint density at radius 2 is 1.90 bits per heavy atom. The van der Waals surface area contributed by atoms with E-state index in [-0.39, 0.29) is 17.9 Å². The second-order valence-corrected chi connectivity index (χ2v) is 4.41. The number of benzene rings is 2. The highest BCUT2D eigenvalue weighted by atomic mass is 19.2. The van der Waals surface area contributed by atoms with E-state index >= 15 is 0 Å². The summed E-state index contributed by atoms with van der Waals surface area (Å²) in [6.45, 7) is 0.0333. The van der Waals surface area contributed by atoms with Crippen molar-refractivity contribution >= 4 is 16.8 Å². The topological polar surface area (TPSA) is 34.9 Å². The average molecular weight is 272 g/mol. The molecule has 0 atom stereocenters. The van der Waals surface area contributed by atoms with E-state index in [1.165, 1.54) is 6.07 Å². The average Bonchev–Trinajstić information content (AvgIpc) is 2.85. The third-order valence-corrected chi connectivity index (χ3v) is 3.08. The van der Waals surface area contributed by atoms with E-state index in [0.717, 1.165) is 23.2 Å². The largest absolute Gasteiger partial charge is 0.323 e. The first-order valence-corrected chi connectivity index (χ1v) is 6.03. The fraction of sp³-hybridized carbons (Fsp3) is 0.0667. The maximum absolute atomic E-state index is 13.1. The van der Waals surface area contributed by atoms with Gasteiger partial charge in [0.05, 0.1) is 23.9 Å². The lowest BCUT2D eigenvalue weighted by molar-refractivity contribution is 0.0973. The Balaban J connectivity index is 1.90. The number of aromatic nitrogens is 2. The second-order valence-electron chi connectivity index (χ2n) is 4.41. The quantitative estimate of drug-likeness (QED) is 0.686. The van der Waals surface area contributed by atoms with Gasteiger partial charge in [-0.1, -0.05) is 12.1 Å². The molecule has 0 fully saturated rings. The molecule has 2 aromatic carbocycles. The van der Waals surface area contributed by atoms with Crippen LogP contribution in [-0.2, 0) is 6.54 Å². The number of hydrogen-bond acceptors (Lipinski definition) is 2. The van der Waals surface area contributed by atoms with Crippen LogP contribution in [-0.4, -0.2) is 15.3 Å². The zero-order valence-corrected chi connectivity index (χ0v) is 10.4. The normalized spacial score (nSPS) is 10.9. The van der Waals surface area contributed by atoms with E-state index in [2.05, 4.69) is 4.98 Å². The number of para-hydroxylation sites is 2. The van der Waals surface area contributed by atoms with Gasteiger partial charge >= 0.3 is 0 Å². The van der Waals surface area contributed by atoms with Crippen molar-refractivity contribution in [3.8, 4) is 0 Å². The highest BCUT2D eigenvalue weighted by Gasteiger charge is 2.12. The second kappa shape index (κ2) is 4.85. The molecule has 0 saturated carbocycles. The fourth-order valence-electron chi connectivity index (χ4n) is 2.05. The monoisotopic (exact) mass is 272 g/mol. The van der Waals surface area contributed by atoms with Gasteiger partial charge in [0.25, 0.3) is 0 Å². The smallest absolute Gasteiger partial charge is 0.182 e. The molecule has 3 rings (SSSR count).